The molecule has 3 heterocycles. The van der Waals surface area contributed by atoms with E-state index in [1.807, 2.05) is 83.8 Å². The summed E-state index contributed by atoms with van der Waals surface area (Å²) in [6.07, 6.45) is 2.18. The molecule has 1 amide bonds. The summed E-state index contributed by atoms with van der Waals surface area (Å²) in [5, 5.41) is 0.548. The van der Waals surface area contributed by atoms with Crippen LogP contribution in [-0.4, -0.2) is 39.0 Å². The number of pyridine rings is 1. The van der Waals surface area contributed by atoms with Gasteiger partial charge in [0.2, 0.25) is 0 Å². The summed E-state index contributed by atoms with van der Waals surface area (Å²) in [6, 6.07) is 26.2. The van der Waals surface area contributed by atoms with E-state index in [0.29, 0.717) is 53.2 Å². The Labute approximate surface area is 213 Å². The fourth-order valence-electron chi connectivity index (χ4n) is 4.91. The first kappa shape index (κ1) is 22.7. The number of carbonyl (C=O) groups is 1. The summed E-state index contributed by atoms with van der Waals surface area (Å²) in [7, 11) is 1.61. The highest BCUT2D eigenvalue weighted by molar-refractivity contribution is 6.00. The Balaban J connectivity index is 1.35. The molecule has 0 spiro atoms. The molecule has 2 aromatic heterocycles. The Morgan fingerprint density at radius 1 is 0.865 bits per heavy atom. The van der Waals surface area contributed by atoms with Gasteiger partial charge in [-0.25, -0.2) is 4.98 Å². The Morgan fingerprint density at radius 3 is 2.43 bits per heavy atom. The van der Waals surface area contributed by atoms with Gasteiger partial charge >= 0.3 is 0 Å². The molecule has 5 aromatic rings. The van der Waals surface area contributed by atoms with Crippen molar-refractivity contribution in [3.05, 3.63) is 118 Å². The Hall–Kier alpha value is -4.78. The van der Waals surface area contributed by atoms with Crippen LogP contribution in [-0.2, 0) is 13.0 Å². The maximum atomic E-state index is 13.5. The highest BCUT2D eigenvalue weighted by atomic mass is 16.5. The topological polar surface area (TPSA) is 77.3 Å². The molecule has 0 atom stereocenters. The first-order valence-electron chi connectivity index (χ1n) is 12.1. The Bertz CT molecular complexity index is 1680. The van der Waals surface area contributed by atoms with Gasteiger partial charge in [0.25, 0.3) is 11.5 Å². The van der Waals surface area contributed by atoms with Gasteiger partial charge < -0.3 is 9.64 Å². The number of methoxy groups -OCH3 is 1. The maximum Gasteiger partial charge on any atom is 0.265 e. The zero-order valence-electron chi connectivity index (χ0n) is 20.3. The third-order valence-electron chi connectivity index (χ3n) is 6.76. The van der Waals surface area contributed by atoms with Crippen LogP contribution in [0.25, 0.3) is 27.8 Å². The number of carbonyl (C=O) groups excluding carboxylic acids is 1. The third kappa shape index (κ3) is 4.04. The smallest absolute Gasteiger partial charge is 0.265 e. The van der Waals surface area contributed by atoms with Crippen molar-refractivity contribution in [3.8, 4) is 22.7 Å². The first-order chi connectivity index (χ1) is 18.1. The minimum Gasteiger partial charge on any atom is -0.497 e. The monoisotopic (exact) mass is 488 g/mol. The summed E-state index contributed by atoms with van der Waals surface area (Å²) in [5.74, 6) is 1.28. The van der Waals surface area contributed by atoms with Crippen molar-refractivity contribution in [3.63, 3.8) is 0 Å². The third-order valence-corrected chi connectivity index (χ3v) is 6.76. The van der Waals surface area contributed by atoms with Gasteiger partial charge in [0.15, 0.2) is 0 Å². The van der Waals surface area contributed by atoms with Crippen molar-refractivity contribution in [1.29, 1.82) is 0 Å². The predicted octanol–water partition coefficient (Wildman–Crippen LogP) is 4.65. The molecular weight excluding hydrogens is 464 g/mol. The summed E-state index contributed by atoms with van der Waals surface area (Å²) < 4.78 is 6.92. The second kappa shape index (κ2) is 9.35. The zero-order valence-corrected chi connectivity index (χ0v) is 20.3. The number of ether oxygens (including phenoxy) is 1. The lowest BCUT2D eigenvalue weighted by Crippen LogP contribution is -2.30. The number of hydrogen-bond donors (Lipinski definition) is 0. The van der Waals surface area contributed by atoms with E-state index < -0.39 is 0 Å². The quantitative estimate of drug-likeness (QED) is 0.348. The van der Waals surface area contributed by atoms with E-state index in [9.17, 15) is 9.59 Å². The maximum absolute atomic E-state index is 13.5. The largest absolute Gasteiger partial charge is 0.497 e. The summed E-state index contributed by atoms with van der Waals surface area (Å²) >= 11 is 0. The standard InChI is InChI=1S/C30H24N4O3/c1-37-21-14-12-20(13-15-21)34-28(32-27-11-3-2-7-24(27)30(34)36)16-18-33-19-25-22(26-10-4-5-17-31-26)8-6-9-23(25)29(33)35/h2-15,17H,16,18-19H2,1H3. The van der Waals surface area contributed by atoms with E-state index in [-0.39, 0.29) is 11.5 Å². The molecule has 0 radical (unpaired) electrons. The fraction of sp³-hybridized carbons (Fsp3) is 0.133. The van der Waals surface area contributed by atoms with Crippen molar-refractivity contribution in [2.75, 3.05) is 13.7 Å². The van der Waals surface area contributed by atoms with Gasteiger partial charge in [0.1, 0.15) is 11.6 Å². The van der Waals surface area contributed by atoms with Crippen LogP contribution in [0.5, 0.6) is 5.75 Å². The number of rotatable bonds is 6. The van der Waals surface area contributed by atoms with Crippen LogP contribution < -0.4 is 10.3 Å². The lowest BCUT2D eigenvalue weighted by atomic mass is 10.0. The van der Waals surface area contributed by atoms with Crippen LogP contribution in [0.15, 0.2) is 95.9 Å². The number of benzene rings is 3. The van der Waals surface area contributed by atoms with E-state index in [0.717, 1.165) is 16.8 Å². The molecule has 1 aliphatic heterocycles. The average molecular weight is 489 g/mol. The van der Waals surface area contributed by atoms with E-state index >= 15 is 0 Å². The van der Waals surface area contributed by atoms with Gasteiger partial charge in [0, 0.05) is 36.8 Å². The molecule has 0 N–H and O–H groups in total. The van der Waals surface area contributed by atoms with Crippen LogP contribution in [0, 0.1) is 0 Å². The Morgan fingerprint density at radius 2 is 1.65 bits per heavy atom. The highest BCUT2D eigenvalue weighted by Crippen LogP contribution is 2.32. The molecule has 3 aromatic carbocycles. The molecule has 7 heteroatoms. The Kier molecular flexibility index (Phi) is 5.73. The summed E-state index contributed by atoms with van der Waals surface area (Å²) in [6.45, 7) is 0.914. The van der Waals surface area contributed by atoms with Gasteiger partial charge in [-0.1, -0.05) is 30.3 Å². The fourth-order valence-corrected chi connectivity index (χ4v) is 4.91. The molecule has 37 heavy (non-hydrogen) atoms. The van der Waals surface area contributed by atoms with Crippen LogP contribution in [0.4, 0.5) is 0 Å². The van der Waals surface area contributed by atoms with Gasteiger partial charge in [0.05, 0.1) is 29.4 Å². The SMILES string of the molecule is COc1ccc(-n2c(CCN3Cc4c(cccc4-c4ccccn4)C3=O)nc3ccccc3c2=O)cc1. The summed E-state index contributed by atoms with van der Waals surface area (Å²) in [5.41, 5.74) is 4.69. The van der Waals surface area contributed by atoms with E-state index in [4.69, 9.17) is 9.72 Å². The zero-order chi connectivity index (χ0) is 25.4. The van der Waals surface area contributed by atoms with Gasteiger partial charge in [-0.2, -0.15) is 0 Å². The predicted molar refractivity (Wildman–Crippen MR) is 142 cm³/mol. The molecular formula is C30H24N4O3. The molecule has 1 aliphatic rings. The lowest BCUT2D eigenvalue weighted by Gasteiger charge is -2.18. The van der Waals surface area contributed by atoms with Crippen molar-refractivity contribution < 1.29 is 9.53 Å². The van der Waals surface area contributed by atoms with Gasteiger partial charge in [-0.15, -0.1) is 0 Å². The van der Waals surface area contributed by atoms with Crippen molar-refractivity contribution in [2.24, 2.45) is 0 Å². The average Bonchev–Trinajstić information content (AvgIpc) is 3.28. The number of fused-ring (bicyclic) bond motifs is 2. The number of nitrogens with zero attached hydrogens (tertiary/aromatic N) is 4. The van der Waals surface area contributed by atoms with Gasteiger partial charge in [-0.3, -0.25) is 19.1 Å². The molecule has 0 bridgehead atoms. The molecule has 0 fully saturated rings. The van der Waals surface area contributed by atoms with Crippen molar-refractivity contribution in [1.82, 2.24) is 19.4 Å². The van der Waals surface area contributed by atoms with Crippen LogP contribution >= 0.6 is 0 Å². The first-order valence-corrected chi connectivity index (χ1v) is 12.1. The molecule has 0 aliphatic carbocycles. The van der Waals surface area contributed by atoms with E-state index in [1.165, 1.54) is 0 Å². The second-order valence-corrected chi connectivity index (χ2v) is 8.91. The van der Waals surface area contributed by atoms with Crippen molar-refractivity contribution >= 4 is 16.8 Å². The number of para-hydroxylation sites is 1. The number of amides is 1. The van der Waals surface area contributed by atoms with E-state index in [2.05, 4.69) is 4.98 Å². The number of hydrogen-bond acceptors (Lipinski definition) is 5. The summed E-state index contributed by atoms with van der Waals surface area (Å²) in [4.78, 5) is 38.0. The molecule has 0 unspecified atom stereocenters. The number of aromatic nitrogens is 3. The minimum absolute atomic E-state index is 0.0214. The lowest BCUT2D eigenvalue weighted by molar-refractivity contribution is 0.0779. The normalized spacial score (nSPS) is 12.7. The molecule has 7 nitrogen and oxygen atoms in total. The molecule has 182 valence electrons. The minimum atomic E-state index is -0.140. The van der Waals surface area contributed by atoms with Crippen molar-refractivity contribution in [2.45, 2.75) is 13.0 Å². The van der Waals surface area contributed by atoms with Crippen LogP contribution in [0.2, 0.25) is 0 Å². The molecule has 0 saturated heterocycles. The second-order valence-electron chi connectivity index (χ2n) is 8.91. The highest BCUT2D eigenvalue weighted by Gasteiger charge is 2.30. The molecule has 0 saturated carbocycles. The molecule has 6 rings (SSSR count). The van der Waals surface area contributed by atoms with Crippen LogP contribution in [0.3, 0.4) is 0 Å². The van der Waals surface area contributed by atoms with E-state index in [1.54, 1.807) is 23.9 Å². The van der Waals surface area contributed by atoms with Gasteiger partial charge in [-0.05, 0) is 60.2 Å². The van der Waals surface area contributed by atoms with Crippen LogP contribution in [0.1, 0.15) is 21.7 Å².